The molecule has 1 N–H and O–H groups in total. The van der Waals surface area contributed by atoms with Gasteiger partial charge in [-0.1, -0.05) is 0 Å². The first-order chi connectivity index (χ1) is 14.2. The second-order valence-corrected chi connectivity index (χ2v) is 7.53. The van der Waals surface area contributed by atoms with Gasteiger partial charge in [-0.15, -0.1) is 0 Å². The van der Waals surface area contributed by atoms with Crippen LogP contribution in [0, 0.1) is 11.8 Å². The number of piperazine rings is 1. The van der Waals surface area contributed by atoms with Crippen LogP contribution in [0.25, 0.3) is 0 Å². The monoisotopic (exact) mass is 394 g/mol. The number of pyridine rings is 1. The zero-order valence-corrected chi connectivity index (χ0v) is 16.6. The van der Waals surface area contributed by atoms with Crippen molar-refractivity contribution in [1.82, 2.24) is 15.2 Å². The number of nitrogens with one attached hydrogen (secondary N) is 1. The zero-order chi connectivity index (χ0) is 20.2. The lowest BCUT2D eigenvalue weighted by Gasteiger charge is -2.36. The molecule has 4 rings (SSSR count). The molecule has 2 heterocycles. The summed E-state index contributed by atoms with van der Waals surface area (Å²) in [6.45, 7) is 3.44. The summed E-state index contributed by atoms with van der Waals surface area (Å²) in [5.74, 6) is 0.564. The summed E-state index contributed by atoms with van der Waals surface area (Å²) >= 11 is 0. The van der Waals surface area contributed by atoms with E-state index in [1.54, 1.807) is 19.5 Å². The predicted octanol–water partition coefficient (Wildman–Crippen LogP) is 1.69. The highest BCUT2D eigenvalue weighted by Gasteiger charge is 2.49. The SMILES string of the molecule is COc1ccc(N2CCN(C(=O)C3CC3C(=O)NCc3ccncc3)CC2)cc1. The molecular formula is C22H26N4O3. The molecule has 1 aliphatic carbocycles. The summed E-state index contributed by atoms with van der Waals surface area (Å²) < 4.78 is 5.20. The van der Waals surface area contributed by atoms with E-state index in [1.165, 1.54) is 0 Å². The van der Waals surface area contributed by atoms with Crippen LogP contribution in [0.1, 0.15) is 12.0 Å². The smallest absolute Gasteiger partial charge is 0.226 e. The van der Waals surface area contributed by atoms with Crippen molar-refractivity contribution < 1.29 is 14.3 Å². The second kappa shape index (κ2) is 8.51. The van der Waals surface area contributed by atoms with Gasteiger partial charge in [-0.05, 0) is 48.4 Å². The van der Waals surface area contributed by atoms with Crippen LogP contribution < -0.4 is 15.0 Å². The number of nitrogens with zero attached hydrogens (tertiary/aromatic N) is 3. The summed E-state index contributed by atoms with van der Waals surface area (Å²) in [6.07, 6.45) is 4.06. The van der Waals surface area contributed by atoms with Crippen LogP contribution in [0.5, 0.6) is 5.75 Å². The molecule has 1 aliphatic heterocycles. The average Bonchev–Trinajstić information content (AvgIpc) is 3.59. The number of benzene rings is 1. The largest absolute Gasteiger partial charge is 0.497 e. The molecule has 7 nitrogen and oxygen atoms in total. The van der Waals surface area contributed by atoms with Crippen molar-refractivity contribution in [2.24, 2.45) is 11.8 Å². The summed E-state index contributed by atoms with van der Waals surface area (Å²) in [5.41, 5.74) is 2.14. The van der Waals surface area contributed by atoms with E-state index in [4.69, 9.17) is 4.74 Å². The Hall–Kier alpha value is -3.09. The first kappa shape index (κ1) is 19.2. The molecule has 0 spiro atoms. The molecular weight excluding hydrogens is 368 g/mol. The molecule has 1 aromatic heterocycles. The molecule has 7 heteroatoms. The minimum atomic E-state index is -0.191. The summed E-state index contributed by atoms with van der Waals surface area (Å²) in [7, 11) is 1.66. The first-order valence-corrected chi connectivity index (χ1v) is 10.00. The molecule has 0 radical (unpaired) electrons. The molecule has 0 bridgehead atoms. The van der Waals surface area contributed by atoms with Crippen LogP contribution in [0.3, 0.4) is 0 Å². The molecule has 2 atom stereocenters. The number of methoxy groups -OCH3 is 1. The molecule has 2 fully saturated rings. The van der Waals surface area contributed by atoms with Gasteiger partial charge in [-0.3, -0.25) is 14.6 Å². The maximum atomic E-state index is 12.8. The quantitative estimate of drug-likeness (QED) is 0.807. The maximum absolute atomic E-state index is 12.8. The van der Waals surface area contributed by atoms with Gasteiger partial charge in [-0.25, -0.2) is 0 Å². The predicted molar refractivity (Wildman–Crippen MR) is 109 cm³/mol. The van der Waals surface area contributed by atoms with E-state index < -0.39 is 0 Å². The third kappa shape index (κ3) is 4.50. The fraction of sp³-hybridized carbons (Fsp3) is 0.409. The Morgan fingerprint density at radius 1 is 1.03 bits per heavy atom. The normalized spacial score (nSPS) is 20.9. The van der Waals surface area contributed by atoms with Gasteiger partial charge < -0.3 is 19.9 Å². The highest BCUT2D eigenvalue weighted by molar-refractivity contribution is 5.92. The minimum absolute atomic E-state index is 0.0305. The van der Waals surface area contributed by atoms with Crippen LogP contribution >= 0.6 is 0 Å². The maximum Gasteiger partial charge on any atom is 0.226 e. The fourth-order valence-corrected chi connectivity index (χ4v) is 3.79. The van der Waals surface area contributed by atoms with E-state index >= 15 is 0 Å². The van der Waals surface area contributed by atoms with Crippen molar-refractivity contribution in [3.63, 3.8) is 0 Å². The molecule has 1 aromatic carbocycles. The van der Waals surface area contributed by atoms with Gasteiger partial charge in [0.1, 0.15) is 5.75 Å². The Labute approximate surface area is 170 Å². The van der Waals surface area contributed by atoms with E-state index in [1.807, 2.05) is 41.3 Å². The van der Waals surface area contributed by atoms with Gasteiger partial charge in [0.2, 0.25) is 11.8 Å². The van der Waals surface area contributed by atoms with E-state index in [0.29, 0.717) is 26.1 Å². The molecule has 2 aromatic rings. The summed E-state index contributed by atoms with van der Waals surface area (Å²) in [5, 5.41) is 2.93. The van der Waals surface area contributed by atoms with Crippen LogP contribution in [-0.4, -0.2) is 55.0 Å². The number of hydrogen-bond donors (Lipinski definition) is 1. The topological polar surface area (TPSA) is 74.8 Å². The molecule has 2 aliphatic rings. The first-order valence-electron chi connectivity index (χ1n) is 10.00. The lowest BCUT2D eigenvalue weighted by atomic mass is 10.2. The van der Waals surface area contributed by atoms with Crippen molar-refractivity contribution >= 4 is 17.5 Å². The van der Waals surface area contributed by atoms with E-state index in [-0.39, 0.29) is 23.7 Å². The molecule has 29 heavy (non-hydrogen) atoms. The highest BCUT2D eigenvalue weighted by Crippen LogP contribution is 2.40. The molecule has 2 unspecified atom stereocenters. The van der Waals surface area contributed by atoms with Crippen LogP contribution in [0.2, 0.25) is 0 Å². The Balaban J connectivity index is 1.23. The lowest BCUT2D eigenvalue weighted by Crippen LogP contribution is -2.49. The molecule has 1 saturated heterocycles. The van der Waals surface area contributed by atoms with Crippen LogP contribution in [0.4, 0.5) is 5.69 Å². The highest BCUT2D eigenvalue weighted by atomic mass is 16.5. The van der Waals surface area contributed by atoms with Crippen molar-refractivity contribution in [1.29, 1.82) is 0 Å². The van der Waals surface area contributed by atoms with Gasteiger partial charge in [0, 0.05) is 50.8 Å². The number of rotatable bonds is 6. The number of amides is 2. The summed E-state index contributed by atoms with van der Waals surface area (Å²) in [6, 6.07) is 11.7. The van der Waals surface area contributed by atoms with Gasteiger partial charge in [-0.2, -0.15) is 0 Å². The number of hydrogen-bond acceptors (Lipinski definition) is 5. The number of aromatic nitrogens is 1. The standard InChI is InChI=1S/C22H26N4O3/c1-29-18-4-2-17(3-5-18)25-10-12-26(13-11-25)22(28)20-14-19(20)21(27)24-15-16-6-8-23-9-7-16/h2-9,19-20H,10-15H2,1H3,(H,24,27). The van der Waals surface area contributed by atoms with E-state index in [2.05, 4.69) is 15.2 Å². The molecule has 152 valence electrons. The van der Waals surface area contributed by atoms with E-state index in [0.717, 1.165) is 30.1 Å². The zero-order valence-electron chi connectivity index (χ0n) is 16.6. The Bertz CT molecular complexity index is 848. The lowest BCUT2D eigenvalue weighted by molar-refractivity contribution is -0.135. The van der Waals surface area contributed by atoms with Gasteiger partial charge in [0.25, 0.3) is 0 Å². The van der Waals surface area contributed by atoms with E-state index in [9.17, 15) is 9.59 Å². The number of anilines is 1. The van der Waals surface area contributed by atoms with Crippen LogP contribution in [-0.2, 0) is 16.1 Å². The summed E-state index contributed by atoms with van der Waals surface area (Å²) in [4.78, 5) is 33.3. The van der Waals surface area contributed by atoms with Crippen molar-refractivity contribution in [2.45, 2.75) is 13.0 Å². The van der Waals surface area contributed by atoms with Crippen LogP contribution in [0.15, 0.2) is 48.8 Å². The van der Waals surface area contributed by atoms with Gasteiger partial charge >= 0.3 is 0 Å². The van der Waals surface area contributed by atoms with Crippen molar-refractivity contribution in [3.05, 3.63) is 54.4 Å². The molecule has 2 amide bonds. The van der Waals surface area contributed by atoms with Crippen molar-refractivity contribution in [3.8, 4) is 5.75 Å². The third-order valence-electron chi connectivity index (χ3n) is 5.69. The Morgan fingerprint density at radius 2 is 1.72 bits per heavy atom. The Kier molecular flexibility index (Phi) is 5.64. The number of ether oxygens (including phenoxy) is 1. The third-order valence-corrected chi connectivity index (χ3v) is 5.69. The average molecular weight is 394 g/mol. The molecule has 1 saturated carbocycles. The fourth-order valence-electron chi connectivity index (χ4n) is 3.79. The number of carbonyl (C=O) groups is 2. The van der Waals surface area contributed by atoms with Crippen molar-refractivity contribution in [2.75, 3.05) is 38.2 Å². The second-order valence-electron chi connectivity index (χ2n) is 7.53. The van der Waals surface area contributed by atoms with Gasteiger partial charge in [0.15, 0.2) is 0 Å². The Morgan fingerprint density at radius 3 is 2.38 bits per heavy atom. The minimum Gasteiger partial charge on any atom is -0.497 e. The van der Waals surface area contributed by atoms with Gasteiger partial charge in [0.05, 0.1) is 18.9 Å². The number of carbonyl (C=O) groups excluding carboxylic acids is 2.